The molecular formula is C24H17BrIN3O6. The second kappa shape index (κ2) is 10.9. The quantitative estimate of drug-likeness (QED) is 0.107. The van der Waals surface area contributed by atoms with Crippen LogP contribution in [0, 0.1) is 13.7 Å². The Morgan fingerprint density at radius 3 is 2.69 bits per heavy atom. The molecule has 0 spiro atoms. The molecule has 0 bridgehead atoms. The molecule has 0 aliphatic rings. The lowest BCUT2D eigenvalue weighted by Gasteiger charge is -2.13. The van der Waals surface area contributed by atoms with Gasteiger partial charge in [0.2, 0.25) is 0 Å². The first-order valence-corrected chi connectivity index (χ1v) is 12.0. The Hall–Kier alpha value is -3.45. The summed E-state index contributed by atoms with van der Waals surface area (Å²) < 4.78 is 18.7. The van der Waals surface area contributed by atoms with E-state index in [2.05, 4.69) is 49.0 Å². The van der Waals surface area contributed by atoms with Gasteiger partial charge in [-0.15, -0.1) is 0 Å². The van der Waals surface area contributed by atoms with Crippen molar-refractivity contribution >= 4 is 67.3 Å². The highest BCUT2D eigenvalue weighted by atomic mass is 127. The van der Waals surface area contributed by atoms with Gasteiger partial charge in [0.25, 0.3) is 5.69 Å². The molecule has 11 heteroatoms. The standard InChI is InChI=1S/C24H17BrIN3O6/c1-33-21-9-15(8-19(25)23(21)34-13-14-2-4-17(26)5-3-14)12-27-28-24(30)22-11-16-10-18(29(31)32)6-7-20(16)35-22/h2-12H,13H2,1H3,(H,28,30)/b27-12-. The summed E-state index contributed by atoms with van der Waals surface area (Å²) in [5.41, 5.74) is 4.32. The van der Waals surface area contributed by atoms with Crippen LogP contribution in [0.25, 0.3) is 11.0 Å². The van der Waals surface area contributed by atoms with Gasteiger partial charge in [-0.3, -0.25) is 14.9 Å². The Labute approximate surface area is 221 Å². The van der Waals surface area contributed by atoms with Crippen molar-refractivity contribution in [3.63, 3.8) is 0 Å². The monoisotopic (exact) mass is 649 g/mol. The number of non-ortho nitro benzene ring substituents is 1. The number of nitro groups is 1. The predicted molar refractivity (Wildman–Crippen MR) is 142 cm³/mol. The van der Waals surface area contributed by atoms with E-state index in [4.69, 9.17) is 13.9 Å². The summed E-state index contributed by atoms with van der Waals surface area (Å²) in [6.07, 6.45) is 1.45. The Kier molecular flexibility index (Phi) is 7.66. The largest absolute Gasteiger partial charge is 0.493 e. The van der Waals surface area contributed by atoms with Crippen molar-refractivity contribution in [3.05, 3.63) is 95.7 Å². The first-order valence-electron chi connectivity index (χ1n) is 10.1. The molecule has 4 rings (SSSR count). The first-order chi connectivity index (χ1) is 16.8. The van der Waals surface area contributed by atoms with E-state index >= 15 is 0 Å². The van der Waals surface area contributed by atoms with Gasteiger partial charge in [-0.2, -0.15) is 5.10 Å². The van der Waals surface area contributed by atoms with E-state index in [-0.39, 0.29) is 11.4 Å². The average Bonchev–Trinajstić information content (AvgIpc) is 3.27. The van der Waals surface area contributed by atoms with Crippen molar-refractivity contribution in [2.75, 3.05) is 7.11 Å². The fourth-order valence-corrected chi connectivity index (χ4v) is 4.10. The van der Waals surface area contributed by atoms with Crippen molar-refractivity contribution in [3.8, 4) is 11.5 Å². The molecule has 9 nitrogen and oxygen atoms in total. The number of hydrazone groups is 1. The third-order valence-corrected chi connectivity index (χ3v) is 6.17. The number of nitro benzene ring substituents is 1. The van der Waals surface area contributed by atoms with Crippen LogP contribution < -0.4 is 14.9 Å². The van der Waals surface area contributed by atoms with Gasteiger partial charge in [-0.25, -0.2) is 5.43 Å². The second-order valence-corrected chi connectivity index (χ2v) is 9.34. The number of nitrogens with one attached hydrogen (secondary N) is 1. The van der Waals surface area contributed by atoms with E-state index in [1.54, 1.807) is 12.1 Å². The van der Waals surface area contributed by atoms with Crippen LogP contribution in [-0.4, -0.2) is 24.2 Å². The zero-order chi connectivity index (χ0) is 24.9. The molecule has 3 aromatic carbocycles. The van der Waals surface area contributed by atoms with E-state index in [1.807, 2.05) is 24.3 Å². The number of nitrogens with zero attached hydrogens (tertiary/aromatic N) is 2. The highest BCUT2D eigenvalue weighted by molar-refractivity contribution is 14.1. The van der Waals surface area contributed by atoms with Gasteiger partial charge in [-0.05, 0) is 86.0 Å². The van der Waals surface area contributed by atoms with E-state index in [1.165, 1.54) is 37.6 Å². The van der Waals surface area contributed by atoms with Gasteiger partial charge in [0.1, 0.15) is 12.2 Å². The molecule has 178 valence electrons. The molecule has 0 saturated carbocycles. The third-order valence-electron chi connectivity index (χ3n) is 4.86. The minimum Gasteiger partial charge on any atom is -0.493 e. The van der Waals surface area contributed by atoms with Crippen molar-refractivity contribution in [2.24, 2.45) is 5.10 Å². The highest BCUT2D eigenvalue weighted by Crippen LogP contribution is 2.37. The van der Waals surface area contributed by atoms with Gasteiger partial charge in [0, 0.05) is 21.1 Å². The summed E-state index contributed by atoms with van der Waals surface area (Å²) in [6.45, 7) is 0.371. The maximum absolute atomic E-state index is 12.4. The molecule has 35 heavy (non-hydrogen) atoms. The maximum atomic E-state index is 12.4. The van der Waals surface area contributed by atoms with Crippen LogP contribution in [0.1, 0.15) is 21.7 Å². The number of furan rings is 1. The molecule has 0 atom stereocenters. The molecular weight excluding hydrogens is 633 g/mol. The number of benzene rings is 3. The number of hydrogen-bond acceptors (Lipinski definition) is 7. The fraction of sp³-hybridized carbons (Fsp3) is 0.0833. The van der Waals surface area contributed by atoms with Crippen LogP contribution in [0.2, 0.25) is 0 Å². The molecule has 1 heterocycles. The highest BCUT2D eigenvalue weighted by Gasteiger charge is 2.15. The van der Waals surface area contributed by atoms with Crippen LogP contribution in [0.3, 0.4) is 0 Å². The third kappa shape index (κ3) is 5.98. The molecule has 1 amide bonds. The number of fused-ring (bicyclic) bond motifs is 1. The van der Waals surface area contributed by atoms with Gasteiger partial charge >= 0.3 is 5.91 Å². The summed E-state index contributed by atoms with van der Waals surface area (Å²) in [4.78, 5) is 22.8. The fourth-order valence-electron chi connectivity index (χ4n) is 3.17. The molecule has 0 radical (unpaired) electrons. The van der Waals surface area contributed by atoms with E-state index in [0.717, 1.165) is 9.13 Å². The second-order valence-electron chi connectivity index (χ2n) is 7.24. The number of amides is 1. The number of carbonyl (C=O) groups excluding carboxylic acids is 1. The van der Waals surface area contributed by atoms with Gasteiger partial charge in [0.05, 0.1) is 22.7 Å². The molecule has 4 aromatic rings. The average molecular weight is 650 g/mol. The van der Waals surface area contributed by atoms with Crippen LogP contribution in [0.5, 0.6) is 11.5 Å². The van der Waals surface area contributed by atoms with Crippen LogP contribution >= 0.6 is 38.5 Å². The Bertz CT molecular complexity index is 1440. The number of methoxy groups -OCH3 is 1. The molecule has 0 aliphatic heterocycles. The molecule has 0 unspecified atom stereocenters. The lowest BCUT2D eigenvalue weighted by molar-refractivity contribution is -0.384. The molecule has 0 aliphatic carbocycles. The lowest BCUT2D eigenvalue weighted by Crippen LogP contribution is -2.16. The number of rotatable bonds is 8. The number of ether oxygens (including phenoxy) is 2. The van der Waals surface area contributed by atoms with Crippen molar-refractivity contribution in [2.45, 2.75) is 6.61 Å². The van der Waals surface area contributed by atoms with Crippen LogP contribution in [0.15, 0.2) is 74.7 Å². The van der Waals surface area contributed by atoms with Gasteiger partial charge in [-0.1, -0.05) is 12.1 Å². The van der Waals surface area contributed by atoms with Crippen LogP contribution in [-0.2, 0) is 6.61 Å². The van der Waals surface area contributed by atoms with Crippen molar-refractivity contribution < 1.29 is 23.6 Å². The van der Waals surface area contributed by atoms with Crippen molar-refractivity contribution in [1.82, 2.24) is 5.43 Å². The van der Waals surface area contributed by atoms with E-state index < -0.39 is 10.8 Å². The Balaban J connectivity index is 1.44. The summed E-state index contributed by atoms with van der Waals surface area (Å²) in [5.74, 6) is 0.430. The predicted octanol–water partition coefficient (Wildman–Crippen LogP) is 6.06. The zero-order valence-electron chi connectivity index (χ0n) is 18.2. The van der Waals surface area contributed by atoms with Gasteiger partial charge < -0.3 is 13.9 Å². The number of hydrogen-bond donors (Lipinski definition) is 1. The SMILES string of the molecule is COc1cc(/C=N\NC(=O)c2cc3cc([N+](=O)[O-])ccc3o2)cc(Br)c1OCc1ccc(I)cc1. The lowest BCUT2D eigenvalue weighted by atomic mass is 10.2. The number of halogens is 2. The first kappa shape index (κ1) is 24.7. The maximum Gasteiger partial charge on any atom is 0.307 e. The molecule has 0 saturated heterocycles. The zero-order valence-corrected chi connectivity index (χ0v) is 21.9. The summed E-state index contributed by atoms with van der Waals surface area (Å²) >= 11 is 5.75. The molecule has 1 aromatic heterocycles. The minimum atomic E-state index is -0.594. The summed E-state index contributed by atoms with van der Waals surface area (Å²) in [6, 6.07) is 17.0. The van der Waals surface area contributed by atoms with E-state index in [0.29, 0.717) is 39.1 Å². The number of carbonyl (C=O) groups is 1. The molecule has 1 N–H and O–H groups in total. The topological polar surface area (TPSA) is 116 Å². The summed E-state index contributed by atoms with van der Waals surface area (Å²) in [7, 11) is 1.54. The van der Waals surface area contributed by atoms with E-state index in [9.17, 15) is 14.9 Å². The van der Waals surface area contributed by atoms with Crippen molar-refractivity contribution in [1.29, 1.82) is 0 Å². The van der Waals surface area contributed by atoms with Crippen LogP contribution in [0.4, 0.5) is 5.69 Å². The molecule has 0 fully saturated rings. The normalized spacial score (nSPS) is 11.1. The Morgan fingerprint density at radius 1 is 1.20 bits per heavy atom. The minimum absolute atomic E-state index is 0.0178. The summed E-state index contributed by atoms with van der Waals surface area (Å²) in [5, 5.41) is 15.3. The smallest absolute Gasteiger partial charge is 0.307 e. The van der Waals surface area contributed by atoms with Gasteiger partial charge in [0.15, 0.2) is 17.3 Å². The Morgan fingerprint density at radius 2 is 1.97 bits per heavy atom.